The first kappa shape index (κ1) is 30.2. The maximum Gasteiger partial charge on any atom is 0.303 e. The molecule has 0 fully saturated rings. The van der Waals surface area contributed by atoms with Crippen molar-refractivity contribution in [2.45, 2.75) is 120 Å². The van der Waals surface area contributed by atoms with Crippen molar-refractivity contribution >= 4 is 23.6 Å². The Labute approximate surface area is 209 Å². The van der Waals surface area contributed by atoms with E-state index in [4.69, 9.17) is 10.8 Å². The predicted molar refractivity (Wildman–Crippen MR) is 139 cm³/mol. The number of imidazole rings is 1. The summed E-state index contributed by atoms with van der Waals surface area (Å²) in [6.45, 7) is 4.08. The van der Waals surface area contributed by atoms with Gasteiger partial charge in [0.2, 0.25) is 5.91 Å². The zero-order valence-corrected chi connectivity index (χ0v) is 22.1. The molecule has 34 heavy (non-hydrogen) atoms. The molecule has 1 aromatic heterocycles. The molecular formula is C26H45N3O4S. The number of carbonyl (C=O) groups excluding carboxylic acids is 1. The second kappa shape index (κ2) is 17.6. The third kappa shape index (κ3) is 12.6. The molecule has 1 aromatic rings. The van der Waals surface area contributed by atoms with Gasteiger partial charge >= 0.3 is 5.97 Å². The topological polar surface area (TPSA) is 118 Å². The number of rotatable bonds is 20. The van der Waals surface area contributed by atoms with Crippen molar-refractivity contribution in [2.75, 3.05) is 0 Å². The van der Waals surface area contributed by atoms with Crippen molar-refractivity contribution < 1.29 is 19.8 Å². The molecule has 0 bridgehead atoms. The fraction of sp³-hybridized carbons (Fsp3) is 0.731. The summed E-state index contributed by atoms with van der Waals surface area (Å²) in [4.78, 5) is 26.9. The molecule has 0 spiro atoms. The first-order chi connectivity index (χ1) is 16.3. The maximum absolute atomic E-state index is 11.4. The van der Waals surface area contributed by atoms with Gasteiger partial charge < -0.3 is 20.5 Å². The van der Waals surface area contributed by atoms with Gasteiger partial charge in [0.1, 0.15) is 0 Å². The Kier molecular flexibility index (Phi) is 15.7. The lowest BCUT2D eigenvalue weighted by atomic mass is 10.1. The van der Waals surface area contributed by atoms with E-state index in [0.29, 0.717) is 5.16 Å². The average molecular weight is 496 g/mol. The molecule has 7 nitrogen and oxygen atoms in total. The number of carboxylic acids is 1. The molecule has 0 aromatic carbocycles. The van der Waals surface area contributed by atoms with Crippen LogP contribution in [0.4, 0.5) is 0 Å². The number of aliphatic carboxylic acids is 1. The van der Waals surface area contributed by atoms with Crippen LogP contribution in [-0.2, 0) is 23.1 Å². The molecule has 0 aliphatic heterocycles. The Bertz CT molecular complexity index is 763. The molecule has 0 aliphatic carbocycles. The molecule has 0 aliphatic rings. The number of aryl methyl sites for hydroxylation is 1. The quantitative estimate of drug-likeness (QED) is 0.128. The number of carbonyl (C=O) groups is 2. The fourth-order valence-corrected chi connectivity index (χ4v) is 5.13. The molecule has 0 radical (unpaired) electrons. The van der Waals surface area contributed by atoms with Crippen LogP contribution in [0.5, 0.6) is 0 Å². The van der Waals surface area contributed by atoms with Crippen LogP contribution >= 0.6 is 11.8 Å². The van der Waals surface area contributed by atoms with Crippen LogP contribution in [0.3, 0.4) is 0 Å². The maximum atomic E-state index is 11.4. The highest BCUT2D eigenvalue weighted by Gasteiger charge is 2.23. The first-order valence-electron chi connectivity index (χ1n) is 12.8. The van der Waals surface area contributed by atoms with Crippen LogP contribution in [0.1, 0.15) is 102 Å². The van der Waals surface area contributed by atoms with E-state index in [0.717, 1.165) is 24.2 Å². The number of primary amides is 1. The Morgan fingerprint density at radius 3 is 2.24 bits per heavy atom. The largest absolute Gasteiger partial charge is 0.481 e. The number of nitrogens with two attached hydrogens (primary N) is 1. The Balaban J connectivity index is 2.56. The zero-order valence-electron chi connectivity index (χ0n) is 21.3. The highest BCUT2D eigenvalue weighted by atomic mass is 32.2. The molecule has 0 saturated heterocycles. The standard InChI is InChI=1S/C26H45N3O4S/c1-4-5-6-7-8-9-10-11-12-13-14-15-16-23(22(30)17-18-25(32)33)34-26-28-20(2)21(29(26)3)19-24(27)31/h15-16,22-23,30H,4-14,17-19H2,1-3H3,(H2,27,31)(H,32,33)/b16-15-. The normalized spacial score (nSPS) is 13.4. The zero-order chi connectivity index (χ0) is 25.3. The SMILES string of the molecule is CCCCCCCCCCCC/C=C\C(Sc1nc(C)c(CC(N)=O)n1C)C(O)CCC(=O)O. The molecule has 1 amide bonds. The molecule has 0 saturated carbocycles. The van der Waals surface area contributed by atoms with Crippen LogP contribution in [0.25, 0.3) is 0 Å². The summed E-state index contributed by atoms with van der Waals surface area (Å²) in [6, 6.07) is 0. The van der Waals surface area contributed by atoms with E-state index in [1.165, 1.54) is 69.5 Å². The van der Waals surface area contributed by atoms with Crippen LogP contribution in [0.2, 0.25) is 0 Å². The van der Waals surface area contributed by atoms with Crippen LogP contribution in [-0.4, -0.2) is 43.0 Å². The van der Waals surface area contributed by atoms with Gasteiger partial charge in [0.05, 0.1) is 29.2 Å². The highest BCUT2D eigenvalue weighted by Crippen LogP contribution is 2.29. The smallest absolute Gasteiger partial charge is 0.303 e. The minimum atomic E-state index is -0.922. The van der Waals surface area contributed by atoms with Gasteiger partial charge in [0.15, 0.2) is 5.16 Å². The number of aliphatic hydroxyl groups is 1. The van der Waals surface area contributed by atoms with E-state index in [1.54, 1.807) is 0 Å². The summed E-state index contributed by atoms with van der Waals surface area (Å²) in [6.07, 6.45) is 17.3. The molecule has 1 rings (SSSR count). The third-order valence-electron chi connectivity index (χ3n) is 6.04. The summed E-state index contributed by atoms with van der Waals surface area (Å²) in [5, 5.41) is 20.0. The second-order valence-corrected chi connectivity index (χ2v) is 10.3. The molecule has 2 unspecified atom stereocenters. The van der Waals surface area contributed by atoms with Gasteiger partial charge in [-0.1, -0.05) is 88.6 Å². The number of allylic oxidation sites excluding steroid dienone is 1. The lowest BCUT2D eigenvalue weighted by Gasteiger charge is -2.19. The number of hydrogen-bond donors (Lipinski definition) is 3. The molecule has 2 atom stereocenters. The van der Waals surface area contributed by atoms with Gasteiger partial charge in [-0.25, -0.2) is 4.98 Å². The van der Waals surface area contributed by atoms with E-state index in [-0.39, 0.29) is 24.5 Å². The van der Waals surface area contributed by atoms with Crippen molar-refractivity contribution in [3.63, 3.8) is 0 Å². The van der Waals surface area contributed by atoms with Crippen LogP contribution in [0, 0.1) is 6.92 Å². The van der Waals surface area contributed by atoms with Crippen molar-refractivity contribution in [2.24, 2.45) is 12.8 Å². The van der Waals surface area contributed by atoms with Gasteiger partial charge in [-0.3, -0.25) is 9.59 Å². The molecular weight excluding hydrogens is 450 g/mol. The number of thioether (sulfide) groups is 1. The van der Waals surface area contributed by atoms with Crippen LogP contribution < -0.4 is 5.73 Å². The third-order valence-corrected chi connectivity index (χ3v) is 7.36. The Hall–Kier alpha value is -1.80. The average Bonchev–Trinajstić information content (AvgIpc) is 3.04. The first-order valence-corrected chi connectivity index (χ1v) is 13.7. The van der Waals surface area contributed by atoms with Gasteiger partial charge in [-0.05, 0) is 26.2 Å². The summed E-state index contributed by atoms with van der Waals surface area (Å²) in [5.41, 5.74) is 6.84. The minimum absolute atomic E-state index is 0.0863. The van der Waals surface area contributed by atoms with E-state index >= 15 is 0 Å². The van der Waals surface area contributed by atoms with E-state index in [1.807, 2.05) is 24.6 Å². The van der Waals surface area contributed by atoms with E-state index in [2.05, 4.69) is 18.0 Å². The Morgan fingerprint density at radius 2 is 1.68 bits per heavy atom. The van der Waals surface area contributed by atoms with Gasteiger partial charge in [0.25, 0.3) is 0 Å². The Morgan fingerprint density at radius 1 is 1.09 bits per heavy atom. The van der Waals surface area contributed by atoms with Gasteiger partial charge in [-0.2, -0.15) is 0 Å². The number of aliphatic hydroxyl groups excluding tert-OH is 1. The van der Waals surface area contributed by atoms with Crippen molar-refractivity contribution in [1.82, 2.24) is 9.55 Å². The number of nitrogens with zero attached hydrogens (tertiary/aromatic N) is 2. The lowest BCUT2D eigenvalue weighted by Crippen LogP contribution is -2.23. The van der Waals surface area contributed by atoms with Gasteiger partial charge in [-0.15, -0.1) is 0 Å². The molecule has 8 heteroatoms. The van der Waals surface area contributed by atoms with Crippen molar-refractivity contribution in [3.05, 3.63) is 23.5 Å². The van der Waals surface area contributed by atoms with E-state index in [9.17, 15) is 14.7 Å². The monoisotopic (exact) mass is 495 g/mol. The number of carboxylic acid groups (broad SMARTS) is 1. The number of hydrogen-bond acceptors (Lipinski definition) is 5. The number of amides is 1. The van der Waals surface area contributed by atoms with Crippen molar-refractivity contribution in [1.29, 1.82) is 0 Å². The summed E-state index contributed by atoms with van der Waals surface area (Å²) in [5.74, 6) is -1.34. The second-order valence-electron chi connectivity index (χ2n) is 9.11. The van der Waals surface area contributed by atoms with Crippen molar-refractivity contribution in [3.8, 4) is 0 Å². The highest BCUT2D eigenvalue weighted by molar-refractivity contribution is 8.00. The number of aromatic nitrogens is 2. The lowest BCUT2D eigenvalue weighted by molar-refractivity contribution is -0.137. The fourth-order valence-electron chi connectivity index (χ4n) is 3.94. The number of unbranched alkanes of at least 4 members (excludes halogenated alkanes) is 10. The van der Waals surface area contributed by atoms with E-state index < -0.39 is 18.0 Å². The van der Waals surface area contributed by atoms with Gasteiger partial charge in [0, 0.05) is 13.5 Å². The summed E-state index contributed by atoms with van der Waals surface area (Å²) < 4.78 is 1.83. The molecule has 1 heterocycles. The molecule has 4 N–H and O–H groups in total. The minimum Gasteiger partial charge on any atom is -0.481 e. The molecule has 194 valence electrons. The predicted octanol–water partition coefficient (Wildman–Crippen LogP) is 5.31. The summed E-state index contributed by atoms with van der Waals surface area (Å²) in [7, 11) is 1.83. The summed E-state index contributed by atoms with van der Waals surface area (Å²) >= 11 is 1.39. The van der Waals surface area contributed by atoms with Crippen LogP contribution in [0.15, 0.2) is 17.3 Å².